The van der Waals surface area contributed by atoms with Crippen molar-refractivity contribution in [3.63, 3.8) is 0 Å². The second-order valence-corrected chi connectivity index (χ2v) is 3.36. The summed E-state index contributed by atoms with van der Waals surface area (Å²) in [5.41, 5.74) is -1.04. The third-order valence-electron chi connectivity index (χ3n) is 1.71. The molecule has 0 saturated carbocycles. The summed E-state index contributed by atoms with van der Waals surface area (Å²) < 4.78 is 0. The summed E-state index contributed by atoms with van der Waals surface area (Å²) in [4.78, 5) is 9.64. The molecule has 0 bridgehead atoms. The van der Waals surface area contributed by atoms with E-state index in [0.717, 1.165) is 0 Å². The maximum Gasteiger partial charge on any atom is 0.173 e. The zero-order valence-corrected chi connectivity index (χ0v) is 7.28. The predicted molar refractivity (Wildman–Crippen MR) is 47.2 cm³/mol. The molecule has 0 aliphatic carbocycles. The summed E-state index contributed by atoms with van der Waals surface area (Å²) in [5, 5.41) is 9.90. The molecule has 1 unspecified atom stereocenters. The molecule has 2 aliphatic rings. The van der Waals surface area contributed by atoms with Gasteiger partial charge in [-0.05, 0) is 6.92 Å². The lowest BCUT2D eigenvalue weighted by molar-refractivity contribution is 0.0708. The van der Waals surface area contributed by atoms with Gasteiger partial charge in [0.2, 0.25) is 0 Å². The number of aliphatic imine (C=N–C) groups is 2. The first-order chi connectivity index (χ1) is 5.58. The van der Waals surface area contributed by atoms with Crippen molar-refractivity contribution in [2.45, 2.75) is 12.6 Å². The van der Waals surface area contributed by atoms with E-state index in [1.165, 1.54) is 0 Å². The van der Waals surface area contributed by atoms with Crippen LogP contribution in [-0.4, -0.2) is 33.3 Å². The summed E-state index contributed by atoms with van der Waals surface area (Å²) >= 11 is 5.76. The molecule has 0 saturated heterocycles. The van der Waals surface area contributed by atoms with Gasteiger partial charge < -0.3 is 10.0 Å². The molecule has 0 fully saturated rings. The van der Waals surface area contributed by atoms with Crippen molar-refractivity contribution in [2.24, 2.45) is 9.98 Å². The van der Waals surface area contributed by atoms with Crippen molar-refractivity contribution in [3.8, 4) is 0 Å². The Bertz CT molecular complexity index is 306. The molecule has 2 aliphatic heterocycles. The van der Waals surface area contributed by atoms with Gasteiger partial charge in [0.15, 0.2) is 16.7 Å². The Balaban J connectivity index is 2.39. The van der Waals surface area contributed by atoms with Crippen LogP contribution in [0, 0.1) is 0 Å². The highest BCUT2D eigenvalue weighted by molar-refractivity contribution is 6.83. The van der Waals surface area contributed by atoms with Crippen LogP contribution in [-0.2, 0) is 0 Å². The molecule has 4 nitrogen and oxygen atoms in total. The summed E-state index contributed by atoms with van der Waals surface area (Å²) in [6.07, 6.45) is 3.33. The van der Waals surface area contributed by atoms with Crippen molar-refractivity contribution in [1.29, 1.82) is 0 Å². The fraction of sp³-hybridized carbons (Fsp3) is 0.429. The molecule has 0 radical (unpaired) electrons. The van der Waals surface area contributed by atoms with Crippen LogP contribution < -0.4 is 0 Å². The van der Waals surface area contributed by atoms with Crippen LogP contribution in [0.25, 0.3) is 0 Å². The molecular formula is C7H8ClN3O. The molecule has 12 heavy (non-hydrogen) atoms. The van der Waals surface area contributed by atoms with Crippen molar-refractivity contribution in [3.05, 3.63) is 12.4 Å². The van der Waals surface area contributed by atoms with Crippen molar-refractivity contribution < 1.29 is 5.11 Å². The van der Waals surface area contributed by atoms with Gasteiger partial charge >= 0.3 is 0 Å². The predicted octanol–water partition coefficient (Wildman–Crippen LogP) is 0.531. The Hall–Kier alpha value is -0.870. The number of fused-ring (bicyclic) bond motifs is 1. The van der Waals surface area contributed by atoms with E-state index in [-0.39, 0.29) is 0 Å². The SMILES string of the molecule is CC1(O)CN2C=CN=C(Cl)C2=N1. The van der Waals surface area contributed by atoms with E-state index in [4.69, 9.17) is 11.6 Å². The van der Waals surface area contributed by atoms with Gasteiger partial charge in [-0.25, -0.2) is 9.98 Å². The van der Waals surface area contributed by atoms with Crippen LogP contribution in [0.15, 0.2) is 22.4 Å². The molecule has 0 aromatic rings. The average molecular weight is 186 g/mol. The van der Waals surface area contributed by atoms with Crippen LogP contribution in [0.1, 0.15) is 6.92 Å². The van der Waals surface area contributed by atoms with Crippen molar-refractivity contribution in [2.75, 3.05) is 6.54 Å². The van der Waals surface area contributed by atoms with Gasteiger partial charge in [-0.2, -0.15) is 0 Å². The number of aliphatic hydroxyl groups is 1. The molecule has 0 aromatic heterocycles. The van der Waals surface area contributed by atoms with E-state index >= 15 is 0 Å². The van der Waals surface area contributed by atoms with Gasteiger partial charge in [0, 0.05) is 12.4 Å². The molecule has 2 rings (SSSR count). The highest BCUT2D eigenvalue weighted by atomic mass is 35.5. The van der Waals surface area contributed by atoms with E-state index in [1.54, 1.807) is 24.2 Å². The molecular weight excluding hydrogens is 178 g/mol. The lowest BCUT2D eigenvalue weighted by Crippen LogP contribution is -2.32. The number of hydrogen-bond donors (Lipinski definition) is 1. The Morgan fingerprint density at radius 3 is 3.17 bits per heavy atom. The van der Waals surface area contributed by atoms with Gasteiger partial charge in [0.25, 0.3) is 0 Å². The molecule has 1 atom stereocenters. The normalized spacial score (nSPS) is 33.1. The lowest BCUT2D eigenvalue weighted by atomic mass is 10.3. The molecule has 0 aromatic carbocycles. The molecule has 0 spiro atoms. The molecule has 64 valence electrons. The summed E-state index contributed by atoms with van der Waals surface area (Å²) in [5.74, 6) is 0.546. The highest BCUT2D eigenvalue weighted by Gasteiger charge is 2.34. The van der Waals surface area contributed by atoms with Crippen LogP contribution in [0.5, 0.6) is 0 Å². The monoisotopic (exact) mass is 185 g/mol. The van der Waals surface area contributed by atoms with Gasteiger partial charge in [0.1, 0.15) is 0 Å². The fourth-order valence-corrected chi connectivity index (χ4v) is 1.46. The van der Waals surface area contributed by atoms with E-state index < -0.39 is 5.72 Å². The third kappa shape index (κ3) is 1.13. The van der Waals surface area contributed by atoms with E-state index in [1.807, 2.05) is 0 Å². The Labute approximate surface area is 74.9 Å². The Kier molecular flexibility index (Phi) is 1.49. The second-order valence-electron chi connectivity index (χ2n) is 3.00. The topological polar surface area (TPSA) is 48.2 Å². The van der Waals surface area contributed by atoms with E-state index in [0.29, 0.717) is 17.6 Å². The first-order valence-corrected chi connectivity index (χ1v) is 3.95. The van der Waals surface area contributed by atoms with Crippen molar-refractivity contribution in [1.82, 2.24) is 4.90 Å². The van der Waals surface area contributed by atoms with Crippen LogP contribution >= 0.6 is 11.6 Å². The molecule has 0 amide bonds. The fourth-order valence-electron chi connectivity index (χ4n) is 1.25. The van der Waals surface area contributed by atoms with E-state index in [2.05, 4.69) is 9.98 Å². The maximum atomic E-state index is 9.57. The first kappa shape index (κ1) is 7.76. The lowest BCUT2D eigenvalue weighted by Gasteiger charge is -2.18. The van der Waals surface area contributed by atoms with Crippen LogP contribution in [0.3, 0.4) is 0 Å². The quantitative estimate of drug-likeness (QED) is 0.599. The minimum Gasteiger partial charge on any atom is -0.368 e. The minimum atomic E-state index is -1.04. The second kappa shape index (κ2) is 2.31. The summed E-state index contributed by atoms with van der Waals surface area (Å²) in [7, 11) is 0. The van der Waals surface area contributed by atoms with Gasteiger partial charge in [-0.1, -0.05) is 11.6 Å². The average Bonchev–Trinajstić information content (AvgIpc) is 2.25. The third-order valence-corrected chi connectivity index (χ3v) is 1.97. The molecule has 5 heteroatoms. The van der Waals surface area contributed by atoms with Crippen molar-refractivity contribution >= 4 is 22.6 Å². The van der Waals surface area contributed by atoms with Crippen LogP contribution in [0.4, 0.5) is 0 Å². The van der Waals surface area contributed by atoms with E-state index in [9.17, 15) is 5.11 Å². The van der Waals surface area contributed by atoms with Gasteiger partial charge in [-0.3, -0.25) is 0 Å². The summed E-state index contributed by atoms with van der Waals surface area (Å²) in [6.45, 7) is 2.07. The smallest absolute Gasteiger partial charge is 0.173 e. The van der Waals surface area contributed by atoms with Crippen LogP contribution in [0.2, 0.25) is 0 Å². The number of nitrogens with zero attached hydrogens (tertiary/aromatic N) is 3. The van der Waals surface area contributed by atoms with Gasteiger partial charge in [0.05, 0.1) is 6.54 Å². The minimum absolute atomic E-state index is 0.329. The summed E-state index contributed by atoms with van der Waals surface area (Å²) in [6, 6.07) is 0. The zero-order valence-electron chi connectivity index (χ0n) is 6.53. The highest BCUT2D eigenvalue weighted by Crippen LogP contribution is 2.21. The Morgan fingerprint density at radius 1 is 1.75 bits per heavy atom. The molecule has 2 heterocycles. The molecule has 1 N–H and O–H groups in total. The number of amidine groups is 1. The largest absolute Gasteiger partial charge is 0.368 e. The maximum absolute atomic E-state index is 9.57. The number of hydrogen-bond acceptors (Lipinski definition) is 4. The standard InChI is InChI=1S/C7H8ClN3O/c1-7(12)4-11-3-2-9-5(8)6(11)10-7/h2-3,12H,4H2,1H3. The number of rotatable bonds is 0. The van der Waals surface area contributed by atoms with Gasteiger partial charge in [-0.15, -0.1) is 0 Å². The first-order valence-electron chi connectivity index (χ1n) is 3.58. The Morgan fingerprint density at radius 2 is 2.50 bits per heavy atom. The number of halogens is 1. The zero-order chi connectivity index (χ0) is 8.77.